The maximum absolute atomic E-state index is 14.0. The van der Waals surface area contributed by atoms with E-state index in [4.69, 9.17) is 27.9 Å². The quantitative estimate of drug-likeness (QED) is 0.166. The highest BCUT2D eigenvalue weighted by molar-refractivity contribution is 9.10. The summed E-state index contributed by atoms with van der Waals surface area (Å²) in [4.78, 5) is 63.4. The Kier molecular flexibility index (Phi) is 6.49. The van der Waals surface area contributed by atoms with Crippen molar-refractivity contribution in [3.63, 3.8) is 0 Å². The third kappa shape index (κ3) is 3.58. The number of carbonyl (C=O) groups is 4. The van der Waals surface area contributed by atoms with Crippen molar-refractivity contribution in [1.82, 2.24) is 4.90 Å². The monoisotopic (exact) mass is 677 g/mol. The Labute approximate surface area is 257 Å². The van der Waals surface area contributed by atoms with E-state index >= 15 is 0 Å². The molecule has 0 unspecified atom stereocenters. The number of nitro groups is 1. The normalized spacial score (nSPS) is 32.0. The zero-order valence-corrected chi connectivity index (χ0v) is 25.1. The summed E-state index contributed by atoms with van der Waals surface area (Å²) in [7, 11) is 2.62. The number of allylic oxidation sites excluding steroid dienone is 2. The molecule has 2 aliphatic heterocycles. The number of phenols is 1. The van der Waals surface area contributed by atoms with Gasteiger partial charge >= 0.3 is 0 Å². The number of hydrogen-bond acceptors (Lipinski definition) is 8. The Morgan fingerprint density at radius 3 is 2.48 bits per heavy atom. The zero-order chi connectivity index (χ0) is 30.5. The first-order chi connectivity index (χ1) is 19.8. The molecular weight excluding hydrogens is 657 g/mol. The summed E-state index contributed by atoms with van der Waals surface area (Å²) in [6, 6.07) is 8.29. The van der Waals surface area contributed by atoms with Crippen LogP contribution in [0.15, 0.2) is 52.5 Å². The number of aromatic hydroxyl groups is 1. The first-order valence-electron chi connectivity index (χ1n) is 12.9. The molecule has 2 aromatic rings. The van der Waals surface area contributed by atoms with Gasteiger partial charge in [-0.2, -0.15) is 0 Å². The molecule has 2 aliphatic carbocycles. The average Bonchev–Trinajstić information content (AvgIpc) is 3.29. The molecule has 218 valence electrons. The molecule has 0 radical (unpaired) electrons. The highest BCUT2D eigenvalue weighted by atomic mass is 79.9. The predicted molar refractivity (Wildman–Crippen MR) is 153 cm³/mol. The van der Waals surface area contributed by atoms with E-state index in [-0.39, 0.29) is 41.3 Å². The molecule has 6 rings (SSSR count). The number of ether oxygens (including phenoxy) is 1. The van der Waals surface area contributed by atoms with E-state index < -0.39 is 62.0 Å². The number of nitro benzene ring substituents is 1. The fourth-order valence-electron chi connectivity index (χ4n) is 7.06. The minimum absolute atomic E-state index is 0.0519. The molecule has 4 aliphatic rings. The number of amides is 4. The number of methoxy groups -OCH3 is 1. The van der Waals surface area contributed by atoms with Gasteiger partial charge < -0.3 is 9.84 Å². The van der Waals surface area contributed by atoms with Crippen LogP contribution in [0.2, 0.25) is 0 Å². The number of alkyl halides is 2. The van der Waals surface area contributed by atoms with Crippen molar-refractivity contribution in [1.29, 1.82) is 0 Å². The maximum Gasteiger partial charge on any atom is 0.271 e. The van der Waals surface area contributed by atoms with Gasteiger partial charge in [-0.05, 0) is 37.0 Å². The van der Waals surface area contributed by atoms with Crippen LogP contribution in [0.25, 0.3) is 0 Å². The Morgan fingerprint density at radius 2 is 1.81 bits per heavy atom. The third-order valence-corrected chi connectivity index (χ3v) is 10.8. The van der Waals surface area contributed by atoms with E-state index in [1.54, 1.807) is 12.1 Å². The number of hydrogen-bond donors (Lipinski definition) is 1. The Balaban J connectivity index is 1.53. The van der Waals surface area contributed by atoms with E-state index in [1.807, 2.05) is 0 Å². The van der Waals surface area contributed by atoms with E-state index in [1.165, 1.54) is 38.4 Å². The van der Waals surface area contributed by atoms with Gasteiger partial charge in [0, 0.05) is 35.1 Å². The van der Waals surface area contributed by atoms with Gasteiger partial charge in [0.05, 0.1) is 29.6 Å². The van der Waals surface area contributed by atoms with Crippen molar-refractivity contribution in [2.75, 3.05) is 19.1 Å². The lowest BCUT2D eigenvalue weighted by atomic mass is 9.56. The van der Waals surface area contributed by atoms with Gasteiger partial charge in [0.15, 0.2) is 21.2 Å². The van der Waals surface area contributed by atoms with E-state index in [9.17, 15) is 34.4 Å². The molecule has 14 heteroatoms. The summed E-state index contributed by atoms with van der Waals surface area (Å²) in [5.74, 6) is -6.77. The number of halogens is 3. The summed E-state index contributed by atoms with van der Waals surface area (Å²) in [6.45, 7) is 0. The van der Waals surface area contributed by atoms with E-state index in [0.717, 1.165) is 15.9 Å². The second-order valence-corrected chi connectivity index (χ2v) is 13.0. The lowest BCUT2D eigenvalue weighted by molar-refractivity contribution is -0.384. The summed E-state index contributed by atoms with van der Waals surface area (Å²) in [5.41, 5.74) is 0.398. The number of nitrogens with zero attached hydrogens (tertiary/aromatic N) is 3. The SMILES string of the molecule is COc1cc(Br)cc([C@H]2C3=CC[C@@H]4C(=O)N(c5cccc([N+](=O)[O-])c5)C(=O)[C@@H]4[C@@H]3C[C@@]3(Cl)C(=O)N(C)C(=O)[C@@]23Cl)c1O. The molecule has 1 saturated carbocycles. The summed E-state index contributed by atoms with van der Waals surface area (Å²) < 4.78 is 5.81. The molecule has 1 N–H and O–H groups in total. The van der Waals surface area contributed by atoms with Crippen LogP contribution < -0.4 is 9.64 Å². The van der Waals surface area contributed by atoms with Gasteiger partial charge in [0.2, 0.25) is 11.8 Å². The van der Waals surface area contributed by atoms with E-state index in [2.05, 4.69) is 15.9 Å². The van der Waals surface area contributed by atoms with Gasteiger partial charge in [0.1, 0.15) is 0 Å². The number of carbonyl (C=O) groups excluding carboxylic acids is 4. The van der Waals surface area contributed by atoms with Crippen LogP contribution >= 0.6 is 39.1 Å². The highest BCUT2D eigenvalue weighted by Gasteiger charge is 2.76. The molecule has 0 aromatic heterocycles. The molecule has 4 amide bonds. The van der Waals surface area contributed by atoms with Crippen LogP contribution in [0.1, 0.15) is 24.3 Å². The fourth-order valence-corrected chi connectivity index (χ4v) is 8.53. The van der Waals surface area contributed by atoms with Gasteiger partial charge in [-0.25, -0.2) is 4.90 Å². The van der Waals surface area contributed by atoms with Gasteiger partial charge in [-0.3, -0.25) is 34.2 Å². The number of imide groups is 2. The lowest BCUT2D eigenvalue weighted by Gasteiger charge is -2.50. The molecule has 42 heavy (non-hydrogen) atoms. The number of fused-ring (bicyclic) bond motifs is 4. The topological polar surface area (TPSA) is 147 Å². The predicted octanol–water partition coefficient (Wildman–Crippen LogP) is 4.26. The zero-order valence-electron chi connectivity index (χ0n) is 22.0. The molecule has 0 bridgehead atoms. The van der Waals surface area contributed by atoms with Crippen molar-refractivity contribution in [2.24, 2.45) is 17.8 Å². The Hall–Kier alpha value is -3.48. The smallest absolute Gasteiger partial charge is 0.271 e. The summed E-state index contributed by atoms with van der Waals surface area (Å²) in [6.07, 6.45) is 1.58. The minimum Gasteiger partial charge on any atom is -0.504 e. The minimum atomic E-state index is -2.08. The van der Waals surface area contributed by atoms with Crippen LogP contribution in [-0.4, -0.2) is 62.5 Å². The molecule has 2 heterocycles. The Morgan fingerprint density at radius 1 is 1.10 bits per heavy atom. The maximum atomic E-state index is 14.0. The molecule has 6 atom stereocenters. The molecule has 11 nitrogen and oxygen atoms in total. The summed E-state index contributed by atoms with van der Waals surface area (Å²) >= 11 is 17.7. The number of non-ortho nitro benzene ring substituents is 1. The average molecular weight is 679 g/mol. The highest BCUT2D eigenvalue weighted by Crippen LogP contribution is 2.66. The van der Waals surface area contributed by atoms with Crippen LogP contribution in [0, 0.1) is 27.9 Å². The first-order valence-corrected chi connectivity index (χ1v) is 14.4. The second-order valence-electron chi connectivity index (χ2n) is 10.8. The molecular formula is C28H22BrCl2N3O8. The second kappa shape index (κ2) is 9.51. The number of benzene rings is 2. The largest absolute Gasteiger partial charge is 0.504 e. The lowest BCUT2D eigenvalue weighted by Crippen LogP contribution is -2.60. The Bertz CT molecular complexity index is 1670. The van der Waals surface area contributed by atoms with Gasteiger partial charge in [-0.1, -0.05) is 33.6 Å². The fraction of sp³-hybridized carbons (Fsp3) is 0.357. The van der Waals surface area contributed by atoms with Crippen molar-refractivity contribution in [2.45, 2.75) is 28.5 Å². The number of phenolic OH excluding ortho intramolecular Hbond substituents is 1. The van der Waals surface area contributed by atoms with Crippen molar-refractivity contribution >= 4 is 74.1 Å². The number of likely N-dealkylation sites (tertiary alicyclic amines) is 1. The third-order valence-electron chi connectivity index (χ3n) is 8.91. The van der Waals surface area contributed by atoms with Crippen molar-refractivity contribution in [3.8, 4) is 11.5 Å². The van der Waals surface area contributed by atoms with Crippen molar-refractivity contribution in [3.05, 3.63) is 68.2 Å². The standard InChI is InChI=1S/C28H22BrCl2N3O8/c1-32-25(38)27(30)11-18-15(21(28(27,31)26(32)39)17-8-12(29)9-19(42-2)22(17)35)6-7-16-20(18)24(37)33(23(16)36)13-4-3-5-14(10-13)34(40)41/h3-6,8-10,16,18,20-21,35H,7,11H2,1-2H3/t16-,18+,20-,21+,27+,28-/m0/s1. The van der Waals surface area contributed by atoms with Gasteiger partial charge in [-0.15, -0.1) is 23.2 Å². The first kappa shape index (κ1) is 28.6. The van der Waals surface area contributed by atoms with Gasteiger partial charge in [0.25, 0.3) is 17.5 Å². The van der Waals surface area contributed by atoms with E-state index in [0.29, 0.717) is 10.0 Å². The van der Waals surface area contributed by atoms with Crippen LogP contribution in [0.5, 0.6) is 11.5 Å². The summed E-state index contributed by atoms with van der Waals surface area (Å²) in [5, 5.41) is 22.6. The molecule has 3 fully saturated rings. The van der Waals surface area contributed by atoms with Crippen LogP contribution in [0.4, 0.5) is 11.4 Å². The van der Waals surface area contributed by atoms with Crippen LogP contribution in [-0.2, 0) is 19.2 Å². The van der Waals surface area contributed by atoms with Crippen molar-refractivity contribution < 1.29 is 33.9 Å². The molecule has 2 saturated heterocycles. The molecule has 0 spiro atoms. The molecule has 2 aromatic carbocycles. The number of anilines is 1. The van der Waals surface area contributed by atoms with Crippen LogP contribution in [0.3, 0.4) is 0 Å². The number of rotatable bonds is 4.